The van der Waals surface area contributed by atoms with Crippen molar-refractivity contribution < 1.29 is 27.2 Å². The molecule has 1 saturated heterocycles. The van der Waals surface area contributed by atoms with E-state index in [1.54, 1.807) is 0 Å². The van der Waals surface area contributed by atoms with Crippen molar-refractivity contribution in [2.24, 2.45) is 5.92 Å². The summed E-state index contributed by atoms with van der Waals surface area (Å²) in [4.78, 5) is 9.81. The van der Waals surface area contributed by atoms with E-state index >= 15 is 0 Å². The smallest absolute Gasteiger partial charge is 0.265 e. The Bertz CT molecular complexity index is 235. The molecule has 1 aliphatic heterocycles. The van der Waals surface area contributed by atoms with Gasteiger partial charge in [-0.3, -0.25) is 4.55 Å². The average Bonchev–Trinajstić information content (AvgIpc) is 2.57. The van der Waals surface area contributed by atoms with E-state index in [0.29, 0.717) is 13.1 Å². The maximum atomic E-state index is 10.00. The minimum atomic E-state index is -3.97. The van der Waals surface area contributed by atoms with Gasteiger partial charge in [-0.1, -0.05) is 6.92 Å². The standard InChI is InChI=1S/C4H8O4S.C3H6O2/c1-4(2-5)3-9(6,7)8;1-2-5-3-4-1/h2,4H,3H2,1H3,(H,6,7,8);1-3H2. The summed E-state index contributed by atoms with van der Waals surface area (Å²) in [6.45, 7) is 3.47. The number of rotatable bonds is 3. The molecular formula is C7H14O6S. The third kappa shape index (κ3) is 9.59. The Labute approximate surface area is 82.9 Å². The van der Waals surface area contributed by atoms with Gasteiger partial charge < -0.3 is 14.3 Å². The summed E-state index contributed by atoms with van der Waals surface area (Å²) in [5.74, 6) is -1.11. The molecule has 1 heterocycles. The highest BCUT2D eigenvalue weighted by atomic mass is 32.2. The van der Waals surface area contributed by atoms with Crippen molar-refractivity contribution in [1.29, 1.82) is 0 Å². The topological polar surface area (TPSA) is 89.9 Å². The number of carbonyl (C=O) groups excluding carboxylic acids is 1. The van der Waals surface area contributed by atoms with Crippen LogP contribution in [-0.4, -0.2) is 45.0 Å². The number of hydrogen-bond donors (Lipinski definition) is 1. The molecule has 0 aromatic rings. The first kappa shape index (κ1) is 13.5. The van der Waals surface area contributed by atoms with Gasteiger partial charge in [0.25, 0.3) is 10.1 Å². The molecule has 14 heavy (non-hydrogen) atoms. The highest BCUT2D eigenvalue weighted by Crippen LogP contribution is 1.93. The zero-order valence-corrected chi connectivity index (χ0v) is 8.70. The Morgan fingerprint density at radius 2 is 1.93 bits per heavy atom. The van der Waals surface area contributed by atoms with E-state index in [4.69, 9.17) is 14.0 Å². The molecule has 0 aliphatic carbocycles. The van der Waals surface area contributed by atoms with Crippen LogP contribution < -0.4 is 0 Å². The van der Waals surface area contributed by atoms with Crippen molar-refractivity contribution in [3.8, 4) is 0 Å². The van der Waals surface area contributed by atoms with Crippen LogP contribution in [0, 0.1) is 5.92 Å². The van der Waals surface area contributed by atoms with E-state index in [1.165, 1.54) is 6.92 Å². The first-order chi connectivity index (χ1) is 6.45. The molecule has 0 radical (unpaired) electrons. The van der Waals surface area contributed by atoms with Crippen LogP contribution >= 0.6 is 0 Å². The zero-order valence-electron chi connectivity index (χ0n) is 7.88. The molecule has 0 spiro atoms. The number of hydrogen-bond acceptors (Lipinski definition) is 5. The van der Waals surface area contributed by atoms with Gasteiger partial charge in [0.2, 0.25) is 0 Å². The quantitative estimate of drug-likeness (QED) is 0.525. The van der Waals surface area contributed by atoms with Crippen LogP contribution in [0.15, 0.2) is 0 Å². The Morgan fingerprint density at radius 3 is 2.07 bits per heavy atom. The minimum absolute atomic E-state index is 0.480. The normalized spacial score (nSPS) is 18.1. The predicted molar refractivity (Wildman–Crippen MR) is 48.4 cm³/mol. The van der Waals surface area contributed by atoms with E-state index in [2.05, 4.69) is 0 Å². The largest absolute Gasteiger partial charge is 0.353 e. The van der Waals surface area contributed by atoms with Gasteiger partial charge in [0.1, 0.15) is 13.1 Å². The summed E-state index contributed by atoms with van der Waals surface area (Å²) in [6.07, 6.45) is 0.480. The van der Waals surface area contributed by atoms with E-state index in [-0.39, 0.29) is 0 Å². The molecule has 1 fully saturated rings. The average molecular weight is 226 g/mol. The molecule has 1 N–H and O–H groups in total. The van der Waals surface area contributed by atoms with Crippen LogP contribution in [0.25, 0.3) is 0 Å². The minimum Gasteiger partial charge on any atom is -0.353 e. The van der Waals surface area contributed by atoms with Crippen LogP contribution in [0.4, 0.5) is 0 Å². The summed E-state index contributed by atoms with van der Waals surface area (Å²) in [5.41, 5.74) is 0. The maximum Gasteiger partial charge on any atom is 0.265 e. The Morgan fingerprint density at radius 1 is 1.43 bits per heavy atom. The molecule has 1 aliphatic rings. The summed E-state index contributed by atoms with van der Waals surface area (Å²) in [6, 6.07) is 0. The molecule has 1 atom stereocenters. The van der Waals surface area contributed by atoms with Crippen LogP contribution in [-0.2, 0) is 24.4 Å². The summed E-state index contributed by atoms with van der Waals surface area (Å²) in [7, 11) is -3.97. The van der Waals surface area contributed by atoms with Gasteiger partial charge in [-0.2, -0.15) is 8.42 Å². The summed E-state index contributed by atoms with van der Waals surface area (Å²) < 4.78 is 37.6. The number of carbonyl (C=O) groups is 1. The van der Waals surface area contributed by atoms with Gasteiger partial charge in [0.15, 0.2) is 0 Å². The van der Waals surface area contributed by atoms with Gasteiger partial charge in [0.05, 0.1) is 19.0 Å². The van der Waals surface area contributed by atoms with Gasteiger partial charge in [-0.05, 0) is 0 Å². The molecule has 0 saturated carbocycles. The maximum absolute atomic E-state index is 10.00. The van der Waals surface area contributed by atoms with E-state index in [9.17, 15) is 13.2 Å². The fraction of sp³-hybridized carbons (Fsp3) is 0.857. The third-order valence-electron chi connectivity index (χ3n) is 1.24. The van der Waals surface area contributed by atoms with E-state index in [1.807, 2.05) is 0 Å². The van der Waals surface area contributed by atoms with Gasteiger partial charge >= 0.3 is 0 Å². The Hall–Kier alpha value is -0.500. The van der Waals surface area contributed by atoms with Crippen molar-refractivity contribution in [3.63, 3.8) is 0 Å². The van der Waals surface area contributed by atoms with Gasteiger partial charge in [-0.25, -0.2) is 0 Å². The molecule has 7 heteroatoms. The second-order valence-corrected chi connectivity index (χ2v) is 4.29. The van der Waals surface area contributed by atoms with Crippen LogP contribution in [0.5, 0.6) is 0 Å². The van der Waals surface area contributed by atoms with Crippen LogP contribution in [0.2, 0.25) is 0 Å². The summed E-state index contributed by atoms with van der Waals surface area (Å²) >= 11 is 0. The van der Waals surface area contributed by atoms with Crippen molar-refractivity contribution in [2.45, 2.75) is 6.92 Å². The summed E-state index contributed by atoms with van der Waals surface area (Å²) in [5, 5.41) is 0. The molecule has 0 aromatic heterocycles. The molecule has 84 valence electrons. The lowest BCUT2D eigenvalue weighted by Crippen LogP contribution is -2.12. The van der Waals surface area contributed by atoms with Crippen molar-refractivity contribution in [2.75, 3.05) is 25.8 Å². The molecule has 0 amide bonds. The van der Waals surface area contributed by atoms with Crippen molar-refractivity contribution >= 4 is 16.4 Å². The van der Waals surface area contributed by atoms with E-state index in [0.717, 1.165) is 13.2 Å². The second-order valence-electron chi connectivity index (χ2n) is 2.80. The molecule has 1 rings (SSSR count). The van der Waals surface area contributed by atoms with Crippen LogP contribution in [0.3, 0.4) is 0 Å². The van der Waals surface area contributed by atoms with Crippen molar-refractivity contribution in [1.82, 2.24) is 0 Å². The first-order valence-corrected chi connectivity index (χ1v) is 5.62. The zero-order chi connectivity index (χ0) is 11.0. The highest BCUT2D eigenvalue weighted by Gasteiger charge is 2.09. The van der Waals surface area contributed by atoms with Crippen LogP contribution in [0.1, 0.15) is 6.92 Å². The molecule has 1 unspecified atom stereocenters. The predicted octanol–water partition coefficient (Wildman–Crippen LogP) is -0.300. The lowest BCUT2D eigenvalue weighted by molar-refractivity contribution is -0.110. The van der Waals surface area contributed by atoms with Gasteiger partial charge in [-0.15, -0.1) is 0 Å². The SMILES string of the molecule is C1COCO1.CC(C=O)CS(=O)(=O)O. The molecule has 0 aromatic carbocycles. The third-order valence-corrected chi connectivity index (χ3v) is 2.19. The second kappa shape index (κ2) is 6.88. The number of ether oxygens (including phenoxy) is 2. The fourth-order valence-corrected chi connectivity index (χ4v) is 1.41. The fourth-order valence-electron chi connectivity index (χ4n) is 0.666. The first-order valence-electron chi connectivity index (χ1n) is 4.01. The van der Waals surface area contributed by atoms with Gasteiger partial charge in [0, 0.05) is 5.92 Å². The Kier molecular flexibility index (Phi) is 6.64. The van der Waals surface area contributed by atoms with Crippen molar-refractivity contribution in [3.05, 3.63) is 0 Å². The molecular weight excluding hydrogens is 212 g/mol. The molecule has 6 nitrogen and oxygen atoms in total. The monoisotopic (exact) mass is 226 g/mol. The highest BCUT2D eigenvalue weighted by molar-refractivity contribution is 7.85. The lowest BCUT2D eigenvalue weighted by Gasteiger charge is -1.96. The van der Waals surface area contributed by atoms with E-state index < -0.39 is 21.8 Å². The lowest BCUT2D eigenvalue weighted by atomic mass is 10.3. The number of aldehydes is 1. The Balaban J connectivity index is 0.000000280. The molecule has 0 bridgehead atoms.